The van der Waals surface area contributed by atoms with Gasteiger partial charge >= 0.3 is 6.09 Å². The van der Waals surface area contributed by atoms with Gasteiger partial charge in [-0.15, -0.1) is 13.2 Å². The normalized spacial score (nSPS) is 15.7. The number of benzene rings is 2. The van der Waals surface area contributed by atoms with E-state index in [-0.39, 0.29) is 43.7 Å². The van der Waals surface area contributed by atoms with Gasteiger partial charge in [-0.3, -0.25) is 24.2 Å². The molecule has 0 aromatic heterocycles. The second-order valence-electron chi connectivity index (χ2n) is 15.7. The molecule has 17 nitrogen and oxygen atoms in total. The third-order valence-electron chi connectivity index (χ3n) is 10.3. The highest BCUT2D eigenvalue weighted by atomic mass is 32.2. The predicted octanol–water partition coefficient (Wildman–Crippen LogP) is 3.18. The van der Waals surface area contributed by atoms with Crippen LogP contribution in [0, 0.1) is 20.8 Å². The van der Waals surface area contributed by atoms with Crippen LogP contribution < -0.4 is 36.5 Å². The van der Waals surface area contributed by atoms with Gasteiger partial charge < -0.3 is 41.7 Å². The number of carbonyl (C=O) groups is 5. The van der Waals surface area contributed by atoms with Crippen LogP contribution in [-0.2, 0) is 35.6 Å². The van der Waals surface area contributed by atoms with E-state index < -0.39 is 75.0 Å². The minimum absolute atomic E-state index is 0.0768. The van der Waals surface area contributed by atoms with Crippen molar-refractivity contribution in [3.63, 3.8) is 0 Å². The Hall–Kier alpha value is -5.91. The monoisotopic (exact) mass is 852 g/mol. The number of carboxylic acid groups (broad SMARTS) is 1. The van der Waals surface area contributed by atoms with Gasteiger partial charge in [-0.25, -0.2) is 17.9 Å². The van der Waals surface area contributed by atoms with Crippen molar-refractivity contribution in [1.82, 2.24) is 30.9 Å². The molecule has 5 amide bonds. The molecule has 18 heteroatoms. The standard InChI is InChI=1S/C42H60N8O9S/c1-11-21-42(9,48-40(55)56)38(54)46-31(36(52)45-30(13-3)35(51)47-32(28-18-15-14-16-19-28)37(53)50(10)23-12-2)20-17-22-44-39(43)49-60(57,58)34-26(5)25(4)33-29(27(34)6)24-41(7,8)59-33/h11-12,14-16,18-19,30-32,48H,1-2,13,17,20-24H2,3-10H3,(H,45,52)(H,46,54)(H,47,51)(H,55,56)(H3,43,44,49). The van der Waals surface area contributed by atoms with Crippen molar-refractivity contribution < 1.29 is 42.2 Å². The molecular formula is C42H60N8O9S. The van der Waals surface area contributed by atoms with E-state index in [1.165, 1.54) is 17.9 Å². The van der Waals surface area contributed by atoms with Gasteiger partial charge in [0.15, 0.2) is 0 Å². The maximum atomic E-state index is 13.9. The van der Waals surface area contributed by atoms with Gasteiger partial charge in [-0.2, -0.15) is 0 Å². The lowest BCUT2D eigenvalue weighted by Crippen LogP contribution is -2.61. The van der Waals surface area contributed by atoms with Crippen molar-refractivity contribution in [2.75, 3.05) is 20.1 Å². The second-order valence-corrected chi connectivity index (χ2v) is 17.3. The predicted molar refractivity (Wildman–Crippen MR) is 229 cm³/mol. The number of sulfonamides is 1. The van der Waals surface area contributed by atoms with Crippen molar-refractivity contribution in [2.24, 2.45) is 10.7 Å². The highest BCUT2D eigenvalue weighted by Gasteiger charge is 2.38. The fourth-order valence-electron chi connectivity index (χ4n) is 6.98. The molecule has 0 saturated carbocycles. The first kappa shape index (κ1) is 48.5. The summed E-state index contributed by atoms with van der Waals surface area (Å²) in [5.74, 6) is -2.44. The van der Waals surface area contributed by atoms with Gasteiger partial charge in [0, 0.05) is 32.1 Å². The van der Waals surface area contributed by atoms with E-state index >= 15 is 0 Å². The van der Waals surface area contributed by atoms with E-state index in [0.717, 1.165) is 5.56 Å². The third kappa shape index (κ3) is 12.1. The number of fused-ring (bicyclic) bond motifs is 1. The Labute approximate surface area is 352 Å². The third-order valence-corrected chi connectivity index (χ3v) is 11.9. The molecule has 0 spiro atoms. The Morgan fingerprint density at radius 1 is 1.00 bits per heavy atom. The molecule has 4 unspecified atom stereocenters. The van der Waals surface area contributed by atoms with Gasteiger partial charge in [0.05, 0.1) is 4.90 Å². The molecule has 0 fully saturated rings. The summed E-state index contributed by atoms with van der Waals surface area (Å²) in [5.41, 5.74) is 6.94. The second kappa shape index (κ2) is 20.4. The van der Waals surface area contributed by atoms with Crippen molar-refractivity contribution in [3.05, 3.63) is 83.5 Å². The molecule has 2 aromatic rings. The van der Waals surface area contributed by atoms with Crippen LogP contribution in [0.3, 0.4) is 0 Å². The lowest BCUT2D eigenvalue weighted by Gasteiger charge is -2.30. The highest BCUT2D eigenvalue weighted by molar-refractivity contribution is 7.90. The summed E-state index contributed by atoms with van der Waals surface area (Å²) in [5, 5.41) is 19.6. The molecule has 0 saturated heterocycles. The molecule has 60 heavy (non-hydrogen) atoms. The molecule has 1 aliphatic rings. The van der Waals surface area contributed by atoms with Crippen LogP contribution in [0.2, 0.25) is 0 Å². The zero-order valence-corrected chi connectivity index (χ0v) is 36.5. The highest BCUT2D eigenvalue weighted by Crippen LogP contribution is 2.43. The summed E-state index contributed by atoms with van der Waals surface area (Å²) in [4.78, 5) is 71.9. The molecule has 328 valence electrons. The minimum atomic E-state index is -4.19. The van der Waals surface area contributed by atoms with Crippen LogP contribution in [0.25, 0.3) is 0 Å². The van der Waals surface area contributed by atoms with E-state index in [1.807, 2.05) is 13.8 Å². The molecule has 2 aromatic carbocycles. The number of likely N-dealkylation sites (N-methyl/N-ethyl adjacent to an activating group) is 1. The molecule has 0 aliphatic carbocycles. The van der Waals surface area contributed by atoms with E-state index in [0.29, 0.717) is 34.4 Å². The Bertz CT molecular complexity index is 2110. The number of guanidine groups is 1. The number of carbonyl (C=O) groups excluding carboxylic acids is 4. The fraction of sp³-hybridized carbons (Fsp3) is 0.476. The van der Waals surface area contributed by atoms with Gasteiger partial charge in [0.2, 0.25) is 29.6 Å². The number of aliphatic imine (C=N–C) groups is 1. The van der Waals surface area contributed by atoms with Crippen molar-refractivity contribution in [1.29, 1.82) is 0 Å². The quantitative estimate of drug-likeness (QED) is 0.0444. The fourth-order valence-corrected chi connectivity index (χ4v) is 8.50. The first-order chi connectivity index (χ1) is 28.0. The summed E-state index contributed by atoms with van der Waals surface area (Å²) in [6, 6.07) is 5.01. The average Bonchev–Trinajstić information content (AvgIpc) is 3.51. The van der Waals surface area contributed by atoms with E-state index in [9.17, 15) is 37.5 Å². The molecule has 0 bridgehead atoms. The summed E-state index contributed by atoms with van der Waals surface area (Å²) < 4.78 is 35.8. The Morgan fingerprint density at radius 2 is 1.63 bits per heavy atom. The van der Waals surface area contributed by atoms with Gasteiger partial charge in [-0.1, -0.05) is 49.4 Å². The number of ether oxygens (including phenoxy) is 1. The zero-order chi connectivity index (χ0) is 45.2. The summed E-state index contributed by atoms with van der Waals surface area (Å²) >= 11 is 0. The van der Waals surface area contributed by atoms with Crippen LogP contribution in [-0.4, -0.2) is 97.5 Å². The van der Waals surface area contributed by atoms with Crippen LogP contribution in [0.4, 0.5) is 4.79 Å². The zero-order valence-electron chi connectivity index (χ0n) is 35.7. The summed E-state index contributed by atoms with van der Waals surface area (Å²) in [6.07, 6.45) is 1.90. The SMILES string of the molecule is C=CCN(C)C(=O)C(NC(=O)C(CC)NC(=O)C(CCCN=C(N)NS(=O)(=O)c1c(C)c(C)c2c(c1C)CC(C)(C)O2)NC(=O)C(C)(CC=C)NC(=O)O)c1ccccc1. The van der Waals surface area contributed by atoms with Gasteiger partial charge in [0.1, 0.15) is 35.0 Å². The number of amides is 5. The van der Waals surface area contributed by atoms with E-state index in [1.54, 1.807) is 71.2 Å². The van der Waals surface area contributed by atoms with Crippen molar-refractivity contribution in [2.45, 2.75) is 115 Å². The Morgan fingerprint density at radius 3 is 2.22 bits per heavy atom. The number of hydrogen-bond acceptors (Lipinski definition) is 9. The van der Waals surface area contributed by atoms with E-state index in [4.69, 9.17) is 10.5 Å². The molecular weight excluding hydrogens is 793 g/mol. The number of nitrogens with zero attached hydrogens (tertiary/aromatic N) is 2. The van der Waals surface area contributed by atoms with E-state index in [2.05, 4.69) is 44.1 Å². The lowest BCUT2D eigenvalue weighted by molar-refractivity contribution is -0.137. The molecule has 8 N–H and O–H groups in total. The topological polar surface area (TPSA) is 251 Å². The maximum absolute atomic E-state index is 13.9. The van der Waals surface area contributed by atoms with Gasteiger partial charge in [-0.05, 0) is 89.5 Å². The number of nitrogens with one attached hydrogen (secondary N) is 5. The lowest BCUT2D eigenvalue weighted by atomic mass is 9.94. The largest absolute Gasteiger partial charge is 0.487 e. The minimum Gasteiger partial charge on any atom is -0.487 e. The van der Waals surface area contributed by atoms with Crippen LogP contribution in [0.15, 0.2) is 65.5 Å². The Balaban J connectivity index is 1.84. The Kier molecular flexibility index (Phi) is 16.5. The first-order valence-electron chi connectivity index (χ1n) is 19.6. The van der Waals surface area contributed by atoms with Crippen LogP contribution >= 0.6 is 0 Å². The number of rotatable bonds is 20. The molecule has 1 aliphatic heterocycles. The summed E-state index contributed by atoms with van der Waals surface area (Å²) in [7, 11) is -2.63. The van der Waals surface area contributed by atoms with Crippen LogP contribution in [0.1, 0.15) is 87.2 Å². The molecule has 4 atom stereocenters. The van der Waals surface area contributed by atoms with Crippen molar-refractivity contribution in [3.8, 4) is 5.75 Å². The first-order valence-corrected chi connectivity index (χ1v) is 21.1. The van der Waals surface area contributed by atoms with Crippen LogP contribution in [0.5, 0.6) is 5.75 Å². The molecule has 3 rings (SSSR count). The molecule has 1 heterocycles. The molecule has 0 radical (unpaired) electrons. The smallest absolute Gasteiger partial charge is 0.405 e. The number of nitrogens with two attached hydrogens (primary N) is 1. The maximum Gasteiger partial charge on any atom is 0.405 e. The summed E-state index contributed by atoms with van der Waals surface area (Å²) in [6.45, 7) is 19.5. The average molecular weight is 853 g/mol. The van der Waals surface area contributed by atoms with Crippen molar-refractivity contribution >= 4 is 45.7 Å². The van der Waals surface area contributed by atoms with Gasteiger partial charge in [0.25, 0.3) is 10.0 Å². The number of hydrogen-bond donors (Lipinski definition) is 7.